The Kier molecular flexibility index (Phi) is 6.43. The van der Waals surface area contributed by atoms with Crippen molar-refractivity contribution in [3.63, 3.8) is 0 Å². The van der Waals surface area contributed by atoms with Crippen molar-refractivity contribution in [3.05, 3.63) is 10.4 Å². The Morgan fingerprint density at radius 3 is 2.69 bits per heavy atom. The Morgan fingerprint density at radius 1 is 1.27 bits per heavy atom. The average molecular weight is 396 g/mol. The first-order chi connectivity index (χ1) is 12.5. The van der Waals surface area contributed by atoms with Crippen molar-refractivity contribution in [1.82, 2.24) is 9.97 Å². The second kappa shape index (κ2) is 8.42. The highest BCUT2D eigenvalue weighted by Gasteiger charge is 2.33. The molecule has 0 unspecified atom stereocenters. The number of thiophene rings is 1. The molecule has 0 radical (unpaired) electrons. The summed E-state index contributed by atoms with van der Waals surface area (Å²) >= 11 is 3.37. The van der Waals surface area contributed by atoms with Crippen LogP contribution < -0.4 is 10.2 Å². The maximum atomic E-state index is 6.14. The summed E-state index contributed by atoms with van der Waals surface area (Å²) in [5, 5.41) is 5.69. The number of aromatic nitrogens is 2. The van der Waals surface area contributed by atoms with Crippen molar-refractivity contribution in [1.29, 1.82) is 0 Å². The standard InChI is InChI=1S/C19H30N4OS2/c1-6-19(4)11-13-14(12-24-19)26-17-15(13)16(21-18(22-17)25-5)20-9-10-23(7-2)8-3/h6-12H2,1-5H3,(H,20,21,22)/p+1/t19-/m0/s1. The summed E-state index contributed by atoms with van der Waals surface area (Å²) in [6.45, 7) is 14.0. The maximum absolute atomic E-state index is 6.14. The molecule has 5 nitrogen and oxygen atoms in total. The smallest absolute Gasteiger partial charge is 0.190 e. The van der Waals surface area contributed by atoms with Gasteiger partial charge in [-0.25, -0.2) is 9.97 Å². The van der Waals surface area contributed by atoms with Gasteiger partial charge in [-0.1, -0.05) is 18.7 Å². The summed E-state index contributed by atoms with van der Waals surface area (Å²) < 4.78 is 6.14. The van der Waals surface area contributed by atoms with Crippen LogP contribution in [0.4, 0.5) is 5.82 Å². The molecule has 0 saturated carbocycles. The zero-order valence-corrected chi connectivity index (χ0v) is 18.2. The molecule has 3 heterocycles. The number of fused-ring (bicyclic) bond motifs is 3. The molecule has 1 aliphatic rings. The molecule has 0 amide bonds. The van der Waals surface area contributed by atoms with Crippen molar-refractivity contribution in [2.45, 2.75) is 57.9 Å². The quantitative estimate of drug-likeness (QED) is 0.532. The highest BCUT2D eigenvalue weighted by molar-refractivity contribution is 7.98. The van der Waals surface area contributed by atoms with E-state index in [9.17, 15) is 0 Å². The lowest BCUT2D eigenvalue weighted by Crippen LogP contribution is -3.12. The highest BCUT2D eigenvalue weighted by Crippen LogP contribution is 2.42. The first kappa shape index (κ1) is 19.9. The van der Waals surface area contributed by atoms with Crippen LogP contribution in [0.2, 0.25) is 0 Å². The largest absolute Gasteiger partial charge is 0.369 e. The van der Waals surface area contributed by atoms with Gasteiger partial charge >= 0.3 is 0 Å². The molecule has 2 N–H and O–H groups in total. The molecule has 1 aliphatic heterocycles. The molecule has 0 bridgehead atoms. The van der Waals surface area contributed by atoms with Crippen LogP contribution in [0.25, 0.3) is 10.2 Å². The summed E-state index contributed by atoms with van der Waals surface area (Å²) in [5.41, 5.74) is 1.31. The van der Waals surface area contributed by atoms with E-state index in [0.717, 1.165) is 54.8 Å². The Labute approximate surface area is 164 Å². The molecule has 0 spiro atoms. The first-order valence-electron chi connectivity index (χ1n) is 9.61. The van der Waals surface area contributed by atoms with E-state index < -0.39 is 0 Å². The van der Waals surface area contributed by atoms with E-state index in [0.29, 0.717) is 6.61 Å². The van der Waals surface area contributed by atoms with E-state index in [1.165, 1.54) is 15.8 Å². The minimum atomic E-state index is -0.0815. The maximum Gasteiger partial charge on any atom is 0.190 e. The molecule has 2 aromatic heterocycles. The van der Waals surface area contributed by atoms with Crippen LogP contribution in [0.1, 0.15) is 44.6 Å². The summed E-state index contributed by atoms with van der Waals surface area (Å²) in [5.74, 6) is 1.00. The van der Waals surface area contributed by atoms with Gasteiger partial charge in [-0.3, -0.25) is 0 Å². The molecule has 0 saturated heterocycles. The number of rotatable bonds is 8. The van der Waals surface area contributed by atoms with Crippen molar-refractivity contribution < 1.29 is 9.64 Å². The Bertz CT molecular complexity index is 760. The second-order valence-corrected chi connectivity index (χ2v) is 9.00. The lowest BCUT2D eigenvalue weighted by molar-refractivity contribution is -0.894. The average Bonchev–Trinajstić information content (AvgIpc) is 3.02. The number of nitrogens with one attached hydrogen (secondary N) is 2. The van der Waals surface area contributed by atoms with Gasteiger partial charge in [0.2, 0.25) is 0 Å². The van der Waals surface area contributed by atoms with Crippen molar-refractivity contribution in [2.75, 3.05) is 37.8 Å². The number of hydrogen-bond acceptors (Lipinski definition) is 6. The zero-order valence-electron chi connectivity index (χ0n) is 16.6. The van der Waals surface area contributed by atoms with Crippen LogP contribution in [0.15, 0.2) is 5.16 Å². The third-order valence-electron chi connectivity index (χ3n) is 5.52. The predicted octanol–water partition coefficient (Wildman–Crippen LogP) is 2.99. The number of likely N-dealkylation sites (N-methyl/N-ethyl adjacent to an activating group) is 1. The monoisotopic (exact) mass is 395 g/mol. The molecule has 2 aromatic rings. The SMILES string of the molecule is CC[NH+](CC)CCNc1nc(SC)nc2sc3c(c12)C[C@](C)(CC)OC3. The van der Waals surface area contributed by atoms with Crippen molar-refractivity contribution in [3.8, 4) is 0 Å². The fourth-order valence-corrected chi connectivity index (χ4v) is 4.99. The Balaban J connectivity index is 1.94. The summed E-state index contributed by atoms with van der Waals surface area (Å²) in [4.78, 5) is 13.6. The van der Waals surface area contributed by atoms with Crippen molar-refractivity contribution in [2.24, 2.45) is 0 Å². The van der Waals surface area contributed by atoms with Gasteiger partial charge in [0, 0.05) is 11.3 Å². The van der Waals surface area contributed by atoms with Crippen LogP contribution in [-0.2, 0) is 17.8 Å². The third kappa shape index (κ3) is 4.01. The number of thioether (sulfide) groups is 1. The van der Waals surface area contributed by atoms with Crippen LogP contribution >= 0.6 is 23.1 Å². The number of hydrogen-bond donors (Lipinski definition) is 2. The Hall–Kier alpha value is -0.890. The summed E-state index contributed by atoms with van der Waals surface area (Å²) in [6.07, 6.45) is 3.99. The van der Waals surface area contributed by atoms with E-state index >= 15 is 0 Å². The molecule has 0 aliphatic carbocycles. The number of quaternary nitrogens is 1. The zero-order chi connectivity index (χ0) is 18.7. The lowest BCUT2D eigenvalue weighted by atomic mass is 9.90. The van der Waals surface area contributed by atoms with Gasteiger partial charge in [-0.2, -0.15) is 0 Å². The minimum Gasteiger partial charge on any atom is -0.369 e. The van der Waals surface area contributed by atoms with E-state index in [4.69, 9.17) is 14.7 Å². The molecular formula is C19H31N4OS2+. The van der Waals surface area contributed by atoms with E-state index in [1.807, 2.05) is 6.26 Å². The fraction of sp³-hybridized carbons (Fsp3) is 0.684. The third-order valence-corrected chi connectivity index (χ3v) is 7.16. The van der Waals surface area contributed by atoms with Gasteiger partial charge in [-0.05, 0) is 39.0 Å². The van der Waals surface area contributed by atoms with Gasteiger partial charge in [0.15, 0.2) is 5.16 Å². The minimum absolute atomic E-state index is 0.0815. The molecule has 1 atom stereocenters. The van der Waals surface area contributed by atoms with Gasteiger partial charge in [-0.15, -0.1) is 11.3 Å². The van der Waals surface area contributed by atoms with Crippen LogP contribution in [-0.4, -0.2) is 48.0 Å². The van der Waals surface area contributed by atoms with Gasteiger partial charge in [0.25, 0.3) is 0 Å². The molecule has 3 rings (SSSR count). The fourth-order valence-electron chi connectivity index (χ4n) is 3.46. The first-order valence-corrected chi connectivity index (χ1v) is 11.6. The van der Waals surface area contributed by atoms with Gasteiger partial charge in [0.1, 0.15) is 10.6 Å². The molecule has 0 aromatic carbocycles. The van der Waals surface area contributed by atoms with Crippen LogP contribution in [0, 0.1) is 0 Å². The second-order valence-electron chi connectivity index (χ2n) is 7.15. The Morgan fingerprint density at radius 2 is 2.04 bits per heavy atom. The van der Waals surface area contributed by atoms with Crippen LogP contribution in [0.3, 0.4) is 0 Å². The summed E-state index contributed by atoms with van der Waals surface area (Å²) in [6, 6.07) is 0. The predicted molar refractivity (Wildman–Crippen MR) is 112 cm³/mol. The van der Waals surface area contributed by atoms with E-state index in [1.54, 1.807) is 28.0 Å². The molecular weight excluding hydrogens is 364 g/mol. The normalized spacial score (nSPS) is 19.9. The van der Waals surface area contributed by atoms with E-state index in [-0.39, 0.29) is 5.60 Å². The topological polar surface area (TPSA) is 51.5 Å². The van der Waals surface area contributed by atoms with Gasteiger partial charge < -0.3 is 15.0 Å². The molecule has 0 fully saturated rings. The number of anilines is 1. The number of nitrogens with zero attached hydrogens (tertiary/aromatic N) is 2. The van der Waals surface area contributed by atoms with Crippen LogP contribution in [0.5, 0.6) is 0 Å². The summed E-state index contributed by atoms with van der Waals surface area (Å²) in [7, 11) is 0. The molecule has 26 heavy (non-hydrogen) atoms. The lowest BCUT2D eigenvalue weighted by Gasteiger charge is -2.33. The van der Waals surface area contributed by atoms with E-state index in [2.05, 4.69) is 33.0 Å². The van der Waals surface area contributed by atoms with Gasteiger partial charge in [0.05, 0.1) is 43.8 Å². The highest BCUT2D eigenvalue weighted by atomic mass is 32.2. The molecule has 7 heteroatoms. The van der Waals surface area contributed by atoms with Crippen molar-refractivity contribution >= 4 is 39.1 Å². The number of ether oxygens (including phenoxy) is 1. The molecule has 144 valence electrons.